The molecule has 0 unspecified atom stereocenters. The molecule has 4 heterocycles. The van der Waals surface area contributed by atoms with Gasteiger partial charge in [-0.3, -0.25) is 14.7 Å². The first-order valence-electron chi connectivity index (χ1n) is 8.81. The zero-order valence-corrected chi connectivity index (χ0v) is 15.2. The molecule has 0 aromatic carbocycles. The molecule has 0 bridgehead atoms. The Hall–Kier alpha value is -1.76. The van der Waals surface area contributed by atoms with Crippen LogP contribution < -0.4 is 0 Å². The number of carbonyl (C=O) groups is 1. The number of ether oxygens (including phenoxy) is 1. The topological polar surface area (TPSA) is 45.7 Å². The van der Waals surface area contributed by atoms with Gasteiger partial charge in [-0.2, -0.15) is 0 Å². The van der Waals surface area contributed by atoms with E-state index in [1.807, 2.05) is 28.4 Å². The highest BCUT2D eigenvalue weighted by molar-refractivity contribution is 7.11. The van der Waals surface area contributed by atoms with E-state index in [1.54, 1.807) is 12.4 Å². The molecule has 0 spiro atoms. The normalized spacial score (nSPS) is 24.1. The van der Waals surface area contributed by atoms with E-state index in [4.69, 9.17) is 4.74 Å². The number of thiophene rings is 1. The minimum atomic E-state index is 0.0696. The van der Waals surface area contributed by atoms with Crippen molar-refractivity contribution in [2.24, 2.45) is 0 Å². The van der Waals surface area contributed by atoms with Crippen molar-refractivity contribution in [3.05, 3.63) is 52.0 Å². The molecule has 2 atom stereocenters. The number of pyridine rings is 1. The summed E-state index contributed by atoms with van der Waals surface area (Å²) in [6.07, 6.45) is 4.48. The third-order valence-electron chi connectivity index (χ3n) is 5.01. The van der Waals surface area contributed by atoms with Gasteiger partial charge in [0.15, 0.2) is 0 Å². The number of morpholine rings is 1. The maximum atomic E-state index is 12.9. The lowest BCUT2D eigenvalue weighted by Crippen LogP contribution is -2.61. The molecule has 0 aliphatic carbocycles. The Morgan fingerprint density at radius 2 is 2.28 bits per heavy atom. The maximum absolute atomic E-state index is 12.9. The molecule has 132 valence electrons. The zero-order valence-electron chi connectivity index (χ0n) is 14.4. The van der Waals surface area contributed by atoms with E-state index in [-0.39, 0.29) is 18.1 Å². The van der Waals surface area contributed by atoms with Gasteiger partial charge >= 0.3 is 0 Å². The first kappa shape index (κ1) is 16.7. The fourth-order valence-corrected chi connectivity index (χ4v) is 4.71. The van der Waals surface area contributed by atoms with E-state index in [1.165, 1.54) is 9.75 Å². The predicted molar refractivity (Wildman–Crippen MR) is 97.8 cm³/mol. The van der Waals surface area contributed by atoms with Gasteiger partial charge in [-0.1, -0.05) is 0 Å². The number of rotatable bonds is 3. The van der Waals surface area contributed by atoms with Crippen LogP contribution >= 0.6 is 11.3 Å². The van der Waals surface area contributed by atoms with Gasteiger partial charge in [-0.15, -0.1) is 11.3 Å². The Morgan fingerprint density at radius 3 is 3.04 bits per heavy atom. The second-order valence-electron chi connectivity index (χ2n) is 6.75. The van der Waals surface area contributed by atoms with Crippen molar-refractivity contribution in [2.75, 3.05) is 26.2 Å². The lowest BCUT2D eigenvalue weighted by atomic mass is 9.98. The average molecular weight is 357 g/mol. The van der Waals surface area contributed by atoms with Crippen LogP contribution in [-0.2, 0) is 11.3 Å². The number of nitrogens with zero attached hydrogens (tertiary/aromatic N) is 3. The molecule has 0 radical (unpaired) electrons. The fourth-order valence-electron chi connectivity index (χ4n) is 3.78. The Kier molecular flexibility index (Phi) is 4.83. The van der Waals surface area contributed by atoms with Gasteiger partial charge in [0.05, 0.1) is 24.3 Å². The van der Waals surface area contributed by atoms with Crippen molar-refractivity contribution in [2.45, 2.75) is 32.0 Å². The number of aryl methyl sites for hydroxylation is 1. The van der Waals surface area contributed by atoms with E-state index in [2.05, 4.69) is 28.9 Å². The van der Waals surface area contributed by atoms with Crippen molar-refractivity contribution in [1.29, 1.82) is 0 Å². The van der Waals surface area contributed by atoms with E-state index in [0.717, 1.165) is 26.1 Å². The van der Waals surface area contributed by atoms with Crippen LogP contribution in [0.3, 0.4) is 0 Å². The van der Waals surface area contributed by atoms with Crippen LogP contribution in [0.25, 0.3) is 0 Å². The van der Waals surface area contributed by atoms with E-state index in [0.29, 0.717) is 18.7 Å². The van der Waals surface area contributed by atoms with Gasteiger partial charge in [0, 0.05) is 48.3 Å². The number of carbonyl (C=O) groups excluding carboxylic acids is 1. The van der Waals surface area contributed by atoms with Gasteiger partial charge < -0.3 is 9.64 Å². The van der Waals surface area contributed by atoms with Crippen LogP contribution in [0.15, 0.2) is 36.7 Å². The highest BCUT2D eigenvalue weighted by Gasteiger charge is 2.39. The smallest absolute Gasteiger partial charge is 0.255 e. The summed E-state index contributed by atoms with van der Waals surface area (Å²) in [5.41, 5.74) is 0.661. The molecular weight excluding hydrogens is 334 g/mol. The molecule has 25 heavy (non-hydrogen) atoms. The molecule has 1 amide bonds. The van der Waals surface area contributed by atoms with Gasteiger partial charge in [0.25, 0.3) is 5.91 Å². The van der Waals surface area contributed by atoms with Crippen molar-refractivity contribution in [3.8, 4) is 0 Å². The highest BCUT2D eigenvalue weighted by atomic mass is 32.1. The van der Waals surface area contributed by atoms with E-state index in [9.17, 15) is 4.79 Å². The largest absolute Gasteiger partial charge is 0.374 e. The molecule has 4 rings (SSSR count). The minimum absolute atomic E-state index is 0.0696. The van der Waals surface area contributed by atoms with Crippen LogP contribution in [0.5, 0.6) is 0 Å². The molecule has 6 heteroatoms. The molecule has 0 N–H and O–H groups in total. The summed E-state index contributed by atoms with van der Waals surface area (Å²) in [6.45, 7) is 6.26. The van der Waals surface area contributed by atoms with Crippen LogP contribution in [0.4, 0.5) is 0 Å². The summed E-state index contributed by atoms with van der Waals surface area (Å²) in [5, 5.41) is 0. The van der Waals surface area contributed by atoms with Crippen molar-refractivity contribution < 1.29 is 9.53 Å². The Bertz CT molecular complexity index is 733. The number of piperidine rings is 1. The molecule has 2 aliphatic rings. The summed E-state index contributed by atoms with van der Waals surface area (Å²) in [7, 11) is 0. The minimum Gasteiger partial charge on any atom is -0.374 e. The number of likely N-dealkylation sites (tertiary alicyclic amines) is 1. The summed E-state index contributed by atoms with van der Waals surface area (Å²) in [6, 6.07) is 8.17. The number of hydrogen-bond donors (Lipinski definition) is 0. The van der Waals surface area contributed by atoms with Gasteiger partial charge in [-0.25, -0.2) is 0 Å². The van der Waals surface area contributed by atoms with Gasteiger partial charge in [-0.05, 0) is 37.6 Å². The van der Waals surface area contributed by atoms with Gasteiger partial charge in [0.2, 0.25) is 0 Å². The fraction of sp³-hybridized carbons (Fsp3) is 0.474. The van der Waals surface area contributed by atoms with Crippen molar-refractivity contribution in [3.63, 3.8) is 0 Å². The highest BCUT2D eigenvalue weighted by Crippen LogP contribution is 2.26. The monoisotopic (exact) mass is 357 g/mol. The predicted octanol–water partition coefficient (Wildman–Crippen LogP) is 2.57. The van der Waals surface area contributed by atoms with E-state index < -0.39 is 0 Å². The number of amides is 1. The maximum Gasteiger partial charge on any atom is 0.255 e. The summed E-state index contributed by atoms with van der Waals surface area (Å²) < 4.78 is 5.97. The molecule has 2 aromatic heterocycles. The Balaban J connectivity index is 1.48. The zero-order chi connectivity index (χ0) is 17.2. The lowest BCUT2D eigenvalue weighted by Gasteiger charge is -2.47. The van der Waals surface area contributed by atoms with Crippen molar-refractivity contribution in [1.82, 2.24) is 14.8 Å². The van der Waals surface area contributed by atoms with Crippen molar-refractivity contribution >= 4 is 17.2 Å². The Labute approximate surface area is 152 Å². The summed E-state index contributed by atoms with van der Waals surface area (Å²) in [5.74, 6) is 0.0696. The molecule has 2 saturated heterocycles. The second kappa shape index (κ2) is 7.23. The molecule has 2 fully saturated rings. The Morgan fingerprint density at radius 1 is 1.36 bits per heavy atom. The lowest BCUT2D eigenvalue weighted by molar-refractivity contribution is -0.0913. The summed E-state index contributed by atoms with van der Waals surface area (Å²) >= 11 is 1.85. The molecular formula is C19H23N3O2S. The summed E-state index contributed by atoms with van der Waals surface area (Å²) in [4.78, 5) is 24.2. The average Bonchev–Trinajstić information content (AvgIpc) is 3.06. The van der Waals surface area contributed by atoms with Crippen LogP contribution in [0, 0.1) is 6.92 Å². The molecule has 5 nitrogen and oxygen atoms in total. The SMILES string of the molecule is Cc1ccc(CN2CC[C@@H]3OCCN(C(=O)c4cccnc4)[C@@H]3C2)s1. The third kappa shape index (κ3) is 3.61. The number of aromatic nitrogens is 1. The quantitative estimate of drug-likeness (QED) is 0.847. The number of hydrogen-bond acceptors (Lipinski definition) is 5. The first-order chi connectivity index (χ1) is 12.2. The van der Waals surface area contributed by atoms with E-state index >= 15 is 0 Å². The molecule has 2 aromatic rings. The molecule has 0 saturated carbocycles. The van der Waals surface area contributed by atoms with Crippen LogP contribution in [0.1, 0.15) is 26.5 Å². The van der Waals surface area contributed by atoms with Crippen LogP contribution in [0.2, 0.25) is 0 Å². The second-order valence-corrected chi connectivity index (χ2v) is 8.13. The standard InChI is InChI=1S/C19H23N3O2S/c1-14-4-5-16(25-14)12-21-8-6-18-17(13-21)22(9-10-24-18)19(23)15-3-2-7-20-11-15/h2-5,7,11,17-18H,6,8-10,12-13H2,1H3/t17-,18+/m1/s1. The van der Waals surface area contributed by atoms with Crippen LogP contribution in [-0.4, -0.2) is 59.1 Å². The third-order valence-corrected chi connectivity index (χ3v) is 6.00. The number of fused-ring (bicyclic) bond motifs is 1. The first-order valence-corrected chi connectivity index (χ1v) is 9.62. The molecule has 2 aliphatic heterocycles. The van der Waals surface area contributed by atoms with Gasteiger partial charge in [0.1, 0.15) is 0 Å².